The Labute approximate surface area is 172 Å². The number of ketones is 1. The van der Waals surface area contributed by atoms with Crippen molar-refractivity contribution in [3.63, 3.8) is 0 Å². The molecular formula is C24H43NO3. The van der Waals surface area contributed by atoms with Gasteiger partial charge in [0, 0.05) is 24.4 Å². The van der Waals surface area contributed by atoms with Gasteiger partial charge in [-0.3, -0.25) is 4.79 Å². The molecule has 2 heterocycles. The Balaban J connectivity index is 1.64. The normalized spacial score (nSPS) is 24.4. The third kappa shape index (κ3) is 7.40. The first kappa shape index (κ1) is 23.2. The quantitative estimate of drug-likeness (QED) is 0.369. The maximum Gasteiger partial charge on any atom is 0.410 e. The standard InChI is InChI=1S/C24H43NO3/c1-5-6-7-8-9-10-11-12-13-14-22(26)19-17-20-15-16-21(18-19)25(20)23(27)28-24(2,3)4/h19-21H,5-18H2,1-4H3. The highest BCUT2D eigenvalue weighted by molar-refractivity contribution is 5.81. The topological polar surface area (TPSA) is 46.6 Å². The van der Waals surface area contributed by atoms with Crippen molar-refractivity contribution in [2.24, 2.45) is 5.92 Å². The Bertz CT molecular complexity index is 483. The summed E-state index contributed by atoms with van der Waals surface area (Å²) in [5.74, 6) is 0.592. The number of carbonyl (C=O) groups excluding carboxylic acids is 2. The Morgan fingerprint density at radius 1 is 0.857 bits per heavy atom. The molecule has 2 aliphatic heterocycles. The summed E-state index contributed by atoms with van der Waals surface area (Å²) >= 11 is 0. The fourth-order valence-corrected chi connectivity index (χ4v) is 4.87. The first-order chi connectivity index (χ1) is 13.3. The lowest BCUT2D eigenvalue weighted by molar-refractivity contribution is -0.125. The van der Waals surface area contributed by atoms with Crippen molar-refractivity contribution in [2.75, 3.05) is 0 Å². The maximum absolute atomic E-state index is 12.7. The van der Waals surface area contributed by atoms with Gasteiger partial charge in [0.1, 0.15) is 11.4 Å². The van der Waals surface area contributed by atoms with Gasteiger partial charge in [-0.25, -0.2) is 4.79 Å². The monoisotopic (exact) mass is 393 g/mol. The molecule has 0 aromatic rings. The van der Waals surface area contributed by atoms with E-state index < -0.39 is 5.60 Å². The third-order valence-corrected chi connectivity index (χ3v) is 6.32. The summed E-state index contributed by atoms with van der Waals surface area (Å²) < 4.78 is 5.59. The Morgan fingerprint density at radius 3 is 1.86 bits per heavy atom. The van der Waals surface area contributed by atoms with Gasteiger partial charge in [0.2, 0.25) is 0 Å². The molecule has 4 heteroatoms. The Hall–Kier alpha value is -1.06. The predicted molar refractivity (Wildman–Crippen MR) is 114 cm³/mol. The van der Waals surface area contributed by atoms with Gasteiger partial charge in [-0.05, 0) is 52.9 Å². The van der Waals surface area contributed by atoms with E-state index in [4.69, 9.17) is 4.74 Å². The number of nitrogens with zero attached hydrogens (tertiary/aromatic N) is 1. The summed E-state index contributed by atoms with van der Waals surface area (Å²) in [5.41, 5.74) is -0.459. The molecule has 0 saturated carbocycles. The van der Waals surface area contributed by atoms with Gasteiger partial charge < -0.3 is 9.64 Å². The predicted octanol–water partition coefficient (Wildman–Crippen LogP) is 6.65. The van der Waals surface area contributed by atoms with Crippen LogP contribution in [-0.2, 0) is 9.53 Å². The van der Waals surface area contributed by atoms with Crippen LogP contribution < -0.4 is 0 Å². The Kier molecular flexibility index (Phi) is 9.30. The molecule has 2 fully saturated rings. The van der Waals surface area contributed by atoms with Crippen LogP contribution in [0, 0.1) is 5.92 Å². The molecule has 28 heavy (non-hydrogen) atoms. The molecule has 2 bridgehead atoms. The largest absolute Gasteiger partial charge is 0.444 e. The molecule has 0 spiro atoms. The molecule has 0 aromatic carbocycles. The van der Waals surface area contributed by atoms with Crippen LogP contribution in [0.15, 0.2) is 0 Å². The van der Waals surface area contributed by atoms with Gasteiger partial charge in [-0.2, -0.15) is 0 Å². The molecule has 2 aliphatic rings. The molecule has 0 aliphatic carbocycles. The first-order valence-corrected chi connectivity index (χ1v) is 11.9. The molecule has 2 unspecified atom stereocenters. The lowest BCUT2D eigenvalue weighted by Gasteiger charge is -2.39. The SMILES string of the molecule is CCCCCCCCCCCC(=O)C1CC2CCC(C1)N2C(=O)OC(C)(C)C. The number of rotatable bonds is 11. The number of fused-ring (bicyclic) bond motifs is 2. The van der Waals surface area contributed by atoms with Crippen molar-refractivity contribution in [2.45, 2.75) is 135 Å². The number of ether oxygens (including phenoxy) is 1. The number of piperidine rings is 1. The zero-order valence-corrected chi connectivity index (χ0v) is 18.8. The average molecular weight is 394 g/mol. The minimum atomic E-state index is -0.459. The lowest BCUT2D eigenvalue weighted by Crippen LogP contribution is -2.49. The van der Waals surface area contributed by atoms with E-state index in [0.29, 0.717) is 5.78 Å². The van der Waals surface area contributed by atoms with Crippen LogP contribution in [0.25, 0.3) is 0 Å². The van der Waals surface area contributed by atoms with E-state index in [0.717, 1.165) is 38.5 Å². The van der Waals surface area contributed by atoms with Crippen molar-refractivity contribution < 1.29 is 14.3 Å². The molecule has 2 saturated heterocycles. The molecule has 1 amide bonds. The van der Waals surface area contributed by atoms with Crippen LogP contribution in [0.2, 0.25) is 0 Å². The highest BCUT2D eigenvalue weighted by Crippen LogP contribution is 2.40. The summed E-state index contributed by atoms with van der Waals surface area (Å²) in [5, 5.41) is 0. The second-order valence-corrected chi connectivity index (χ2v) is 9.99. The Morgan fingerprint density at radius 2 is 1.36 bits per heavy atom. The van der Waals surface area contributed by atoms with Gasteiger partial charge in [0.05, 0.1) is 0 Å². The molecule has 2 atom stereocenters. The zero-order chi connectivity index (χ0) is 20.6. The number of amides is 1. The fourth-order valence-electron chi connectivity index (χ4n) is 4.87. The van der Waals surface area contributed by atoms with E-state index in [9.17, 15) is 9.59 Å². The van der Waals surface area contributed by atoms with E-state index in [2.05, 4.69) is 6.92 Å². The van der Waals surface area contributed by atoms with Crippen molar-refractivity contribution in [1.29, 1.82) is 0 Å². The molecular weight excluding hydrogens is 350 g/mol. The first-order valence-electron chi connectivity index (χ1n) is 11.9. The van der Waals surface area contributed by atoms with Crippen LogP contribution in [0.5, 0.6) is 0 Å². The minimum absolute atomic E-state index is 0.158. The summed E-state index contributed by atoms with van der Waals surface area (Å²) in [6, 6.07) is 0.399. The highest BCUT2D eigenvalue weighted by atomic mass is 16.6. The van der Waals surface area contributed by atoms with E-state index >= 15 is 0 Å². The van der Waals surface area contributed by atoms with Gasteiger partial charge in [0.15, 0.2) is 0 Å². The number of hydrogen-bond acceptors (Lipinski definition) is 3. The molecule has 4 nitrogen and oxygen atoms in total. The molecule has 0 N–H and O–H groups in total. The molecule has 162 valence electrons. The van der Waals surface area contributed by atoms with E-state index in [1.165, 1.54) is 51.4 Å². The van der Waals surface area contributed by atoms with Crippen molar-refractivity contribution >= 4 is 11.9 Å². The van der Waals surface area contributed by atoms with Crippen molar-refractivity contribution in [1.82, 2.24) is 4.90 Å². The average Bonchev–Trinajstić information content (AvgIpc) is 2.89. The van der Waals surface area contributed by atoms with Crippen LogP contribution in [-0.4, -0.2) is 34.5 Å². The smallest absolute Gasteiger partial charge is 0.410 e. The van der Waals surface area contributed by atoms with E-state index in [-0.39, 0.29) is 24.1 Å². The lowest BCUT2D eigenvalue weighted by atomic mass is 9.85. The molecule has 0 radical (unpaired) electrons. The van der Waals surface area contributed by atoms with Crippen molar-refractivity contribution in [3.8, 4) is 0 Å². The molecule has 2 rings (SSSR count). The summed E-state index contributed by atoms with van der Waals surface area (Å²) in [6.45, 7) is 7.99. The van der Waals surface area contributed by atoms with Gasteiger partial charge in [0.25, 0.3) is 0 Å². The maximum atomic E-state index is 12.7. The molecule has 0 aromatic heterocycles. The highest BCUT2D eigenvalue weighted by Gasteiger charge is 2.46. The van der Waals surface area contributed by atoms with Gasteiger partial charge in [-0.1, -0.05) is 58.3 Å². The second-order valence-electron chi connectivity index (χ2n) is 9.99. The van der Waals surface area contributed by atoms with Crippen LogP contribution in [0.4, 0.5) is 4.79 Å². The number of unbranched alkanes of at least 4 members (excludes halogenated alkanes) is 8. The summed E-state index contributed by atoms with van der Waals surface area (Å²) in [7, 11) is 0. The second kappa shape index (κ2) is 11.2. The van der Waals surface area contributed by atoms with Crippen LogP contribution >= 0.6 is 0 Å². The van der Waals surface area contributed by atoms with Gasteiger partial charge >= 0.3 is 6.09 Å². The van der Waals surface area contributed by atoms with Crippen LogP contribution in [0.3, 0.4) is 0 Å². The zero-order valence-electron chi connectivity index (χ0n) is 18.8. The van der Waals surface area contributed by atoms with E-state index in [1.807, 2.05) is 25.7 Å². The van der Waals surface area contributed by atoms with Crippen molar-refractivity contribution in [3.05, 3.63) is 0 Å². The minimum Gasteiger partial charge on any atom is -0.444 e. The third-order valence-electron chi connectivity index (χ3n) is 6.32. The number of carbonyl (C=O) groups is 2. The summed E-state index contributed by atoms with van der Waals surface area (Å²) in [4.78, 5) is 27.2. The number of Topliss-reactive ketones (excluding diaryl/α,β-unsaturated/α-hetero) is 1. The summed E-state index contributed by atoms with van der Waals surface area (Å²) in [6.07, 6.45) is 15.8. The number of hydrogen-bond donors (Lipinski definition) is 0. The fraction of sp³-hybridized carbons (Fsp3) is 0.917. The van der Waals surface area contributed by atoms with Gasteiger partial charge in [-0.15, -0.1) is 0 Å². The van der Waals surface area contributed by atoms with Crippen LogP contribution in [0.1, 0.15) is 118 Å². The van der Waals surface area contributed by atoms with E-state index in [1.54, 1.807) is 0 Å².